The van der Waals surface area contributed by atoms with E-state index in [1.54, 1.807) is 0 Å². The minimum Gasteiger partial charge on any atom is -0.462 e. The van der Waals surface area contributed by atoms with Crippen molar-refractivity contribution in [3.63, 3.8) is 0 Å². The van der Waals surface area contributed by atoms with E-state index in [2.05, 4.69) is 93.7 Å². The Hall–Kier alpha value is -3.15. The Bertz CT molecular complexity index is 1470. The van der Waals surface area contributed by atoms with Crippen molar-refractivity contribution >= 4 is 17.9 Å². The minimum atomic E-state index is -0.786. The third kappa shape index (κ3) is 65.7. The third-order valence-corrected chi connectivity index (χ3v) is 15.4. The minimum absolute atomic E-state index is 0.0800. The summed E-state index contributed by atoms with van der Waals surface area (Å²) in [6.45, 7) is 6.64. The largest absolute Gasteiger partial charge is 0.462 e. The lowest BCUT2D eigenvalue weighted by Crippen LogP contribution is -2.30. The van der Waals surface area contributed by atoms with E-state index in [0.29, 0.717) is 19.3 Å². The highest BCUT2D eigenvalue weighted by Gasteiger charge is 2.19. The fourth-order valence-corrected chi connectivity index (χ4v) is 10.1. The number of allylic oxidation sites excluding steroid dienone is 12. The number of ether oxygens (including phenoxy) is 3. The molecule has 0 aromatic carbocycles. The molecule has 0 amide bonds. The first-order chi connectivity index (χ1) is 39.5. The number of carbonyl (C=O) groups excluding carboxylic acids is 3. The van der Waals surface area contributed by atoms with Gasteiger partial charge < -0.3 is 14.2 Å². The van der Waals surface area contributed by atoms with Gasteiger partial charge in [0.05, 0.1) is 0 Å². The van der Waals surface area contributed by atoms with Gasteiger partial charge in [-0.1, -0.05) is 299 Å². The van der Waals surface area contributed by atoms with Gasteiger partial charge in [0.1, 0.15) is 13.2 Å². The molecule has 6 heteroatoms. The number of esters is 3. The Balaban J connectivity index is 4.34. The van der Waals surface area contributed by atoms with Crippen LogP contribution in [-0.4, -0.2) is 37.2 Å². The van der Waals surface area contributed by atoms with E-state index in [4.69, 9.17) is 14.2 Å². The highest BCUT2D eigenvalue weighted by molar-refractivity contribution is 5.71. The zero-order chi connectivity index (χ0) is 57.8. The molecule has 0 aliphatic carbocycles. The van der Waals surface area contributed by atoms with E-state index in [1.165, 1.54) is 231 Å². The molecule has 0 aromatic heterocycles. The molecule has 0 saturated heterocycles. The van der Waals surface area contributed by atoms with Crippen molar-refractivity contribution in [1.82, 2.24) is 0 Å². The van der Waals surface area contributed by atoms with Crippen LogP contribution in [0.2, 0.25) is 0 Å². The highest BCUT2D eigenvalue weighted by atomic mass is 16.6. The molecule has 1 unspecified atom stereocenters. The van der Waals surface area contributed by atoms with Crippen LogP contribution in [0.5, 0.6) is 0 Å². The zero-order valence-electron chi connectivity index (χ0n) is 53.3. The van der Waals surface area contributed by atoms with Crippen molar-refractivity contribution in [2.24, 2.45) is 0 Å². The lowest BCUT2D eigenvalue weighted by atomic mass is 10.0. The smallest absolute Gasteiger partial charge is 0.306 e. The zero-order valence-corrected chi connectivity index (χ0v) is 53.3. The summed E-state index contributed by atoms with van der Waals surface area (Å²) in [6, 6.07) is 0. The van der Waals surface area contributed by atoms with Gasteiger partial charge in [0, 0.05) is 19.3 Å². The molecular formula is C74H132O6. The summed E-state index contributed by atoms with van der Waals surface area (Å²) in [6.07, 6.45) is 89.1. The van der Waals surface area contributed by atoms with Crippen LogP contribution in [0.1, 0.15) is 361 Å². The van der Waals surface area contributed by atoms with Crippen LogP contribution >= 0.6 is 0 Å². The van der Waals surface area contributed by atoms with Crippen molar-refractivity contribution in [1.29, 1.82) is 0 Å². The summed E-state index contributed by atoms with van der Waals surface area (Å²) in [5, 5.41) is 0. The molecule has 0 saturated carbocycles. The maximum atomic E-state index is 13.0. The van der Waals surface area contributed by atoms with Gasteiger partial charge in [-0.25, -0.2) is 0 Å². The highest BCUT2D eigenvalue weighted by Crippen LogP contribution is 2.17. The summed E-state index contributed by atoms with van der Waals surface area (Å²) >= 11 is 0. The quantitative estimate of drug-likeness (QED) is 0.0261. The topological polar surface area (TPSA) is 78.9 Å². The van der Waals surface area contributed by atoms with Crippen molar-refractivity contribution < 1.29 is 28.6 Å². The number of hydrogen-bond donors (Lipinski definition) is 0. The average Bonchev–Trinajstić information content (AvgIpc) is 3.46. The van der Waals surface area contributed by atoms with E-state index in [-0.39, 0.29) is 31.1 Å². The maximum Gasteiger partial charge on any atom is 0.306 e. The summed E-state index contributed by atoms with van der Waals surface area (Å²) in [7, 11) is 0. The number of carbonyl (C=O) groups is 3. The molecule has 1 atom stereocenters. The Labute approximate surface area is 497 Å². The number of rotatable bonds is 64. The fraction of sp³-hybridized carbons (Fsp3) is 0.797. The SMILES string of the molecule is CCCCCC/C=C\C/C=C\CCCCCCCC(=O)OCC(COC(=O)CCCCCCCCCCCCCCC/C=C\C/C=C\CCCCCCC)OC(=O)CCCCCCCCCCC/C=C\C/C=C\CCCCCCC. The lowest BCUT2D eigenvalue weighted by molar-refractivity contribution is -0.167. The predicted octanol–water partition coefficient (Wildman–Crippen LogP) is 24.1. The first kappa shape index (κ1) is 76.9. The van der Waals surface area contributed by atoms with E-state index in [1.807, 2.05) is 0 Å². The molecule has 0 aromatic rings. The van der Waals surface area contributed by atoms with E-state index in [0.717, 1.165) is 89.9 Å². The molecule has 0 bridgehead atoms. The van der Waals surface area contributed by atoms with Crippen molar-refractivity contribution in [2.45, 2.75) is 367 Å². The van der Waals surface area contributed by atoms with Crippen molar-refractivity contribution in [3.05, 3.63) is 72.9 Å². The second kappa shape index (κ2) is 68.3. The maximum absolute atomic E-state index is 13.0. The van der Waals surface area contributed by atoms with E-state index >= 15 is 0 Å². The second-order valence-corrected chi connectivity index (χ2v) is 23.4. The molecule has 0 spiro atoms. The van der Waals surface area contributed by atoms with Gasteiger partial charge in [-0.3, -0.25) is 14.4 Å². The molecule has 6 nitrogen and oxygen atoms in total. The normalized spacial score (nSPS) is 12.5. The monoisotopic (exact) mass is 1120 g/mol. The Morgan fingerprint density at radius 3 is 0.700 bits per heavy atom. The van der Waals surface area contributed by atoms with Gasteiger partial charge in [0.15, 0.2) is 6.10 Å². The van der Waals surface area contributed by atoms with Gasteiger partial charge >= 0.3 is 17.9 Å². The van der Waals surface area contributed by atoms with Crippen molar-refractivity contribution in [3.8, 4) is 0 Å². The van der Waals surface area contributed by atoms with Crippen LogP contribution in [0.4, 0.5) is 0 Å². The Morgan fingerprint density at radius 2 is 0.450 bits per heavy atom. The van der Waals surface area contributed by atoms with Crippen LogP contribution in [-0.2, 0) is 28.6 Å². The van der Waals surface area contributed by atoms with Crippen LogP contribution < -0.4 is 0 Å². The molecular weight excluding hydrogens is 985 g/mol. The first-order valence-corrected chi connectivity index (χ1v) is 34.9. The molecule has 0 rings (SSSR count). The van der Waals surface area contributed by atoms with Crippen LogP contribution in [0, 0.1) is 0 Å². The Kier molecular flexibility index (Phi) is 65.7. The van der Waals surface area contributed by atoms with Gasteiger partial charge in [-0.15, -0.1) is 0 Å². The first-order valence-electron chi connectivity index (χ1n) is 34.9. The van der Waals surface area contributed by atoms with Crippen LogP contribution in [0.15, 0.2) is 72.9 Å². The van der Waals surface area contributed by atoms with Gasteiger partial charge in [-0.2, -0.15) is 0 Å². The Morgan fingerprint density at radius 1 is 0.250 bits per heavy atom. The predicted molar refractivity (Wildman–Crippen MR) is 348 cm³/mol. The molecule has 0 fully saturated rings. The summed E-state index contributed by atoms with van der Waals surface area (Å²) in [4.78, 5) is 38.4. The third-order valence-electron chi connectivity index (χ3n) is 15.4. The molecule has 80 heavy (non-hydrogen) atoms. The second-order valence-electron chi connectivity index (χ2n) is 23.4. The van der Waals surface area contributed by atoms with Crippen LogP contribution in [0.25, 0.3) is 0 Å². The van der Waals surface area contributed by atoms with Gasteiger partial charge in [-0.05, 0) is 116 Å². The van der Waals surface area contributed by atoms with E-state index < -0.39 is 6.10 Å². The number of hydrogen-bond acceptors (Lipinski definition) is 6. The molecule has 464 valence electrons. The van der Waals surface area contributed by atoms with E-state index in [9.17, 15) is 14.4 Å². The summed E-state index contributed by atoms with van der Waals surface area (Å²) in [5.74, 6) is -0.880. The molecule has 0 aliphatic rings. The summed E-state index contributed by atoms with van der Waals surface area (Å²) < 4.78 is 17.0. The average molecular weight is 1120 g/mol. The molecule has 0 heterocycles. The molecule has 0 N–H and O–H groups in total. The van der Waals surface area contributed by atoms with Crippen LogP contribution in [0.3, 0.4) is 0 Å². The van der Waals surface area contributed by atoms with Crippen molar-refractivity contribution in [2.75, 3.05) is 13.2 Å². The van der Waals surface area contributed by atoms with Gasteiger partial charge in [0.2, 0.25) is 0 Å². The molecule has 0 aliphatic heterocycles. The summed E-state index contributed by atoms with van der Waals surface area (Å²) in [5.41, 5.74) is 0. The fourth-order valence-electron chi connectivity index (χ4n) is 10.1. The lowest BCUT2D eigenvalue weighted by Gasteiger charge is -2.18. The number of unbranched alkanes of at least 4 members (excludes halogenated alkanes) is 41. The molecule has 0 radical (unpaired) electrons. The van der Waals surface area contributed by atoms with Gasteiger partial charge in [0.25, 0.3) is 0 Å². The standard InChI is InChI=1S/C74H132O6/c1-4-7-10-13-16-19-22-25-28-31-33-35-36-37-38-40-41-43-46-49-52-55-58-61-64-67-73(76)79-70-71(69-78-72(75)66-63-60-57-54-51-48-45-30-27-24-21-18-15-12-9-6-3)80-74(77)68-65-62-59-56-53-50-47-44-42-39-34-32-29-26-23-20-17-14-11-8-5-2/h21-26,30-34,45,71H,4-20,27-29,35-44,46-70H2,1-3H3/b24-21-,25-22-,26-23-,33-31-,34-32-,45-30-.